The van der Waals surface area contributed by atoms with Gasteiger partial charge in [-0.15, -0.1) is 0 Å². The number of aryl methyl sites for hydroxylation is 1. The van der Waals surface area contributed by atoms with E-state index in [-0.39, 0.29) is 17.9 Å². The zero-order valence-electron chi connectivity index (χ0n) is 13.5. The number of nitrogens with zero attached hydrogens (tertiary/aromatic N) is 1. The molecule has 2 N–H and O–H groups in total. The van der Waals surface area contributed by atoms with Gasteiger partial charge in [0.15, 0.2) is 0 Å². The molecule has 6 nitrogen and oxygen atoms in total. The molecule has 0 saturated carbocycles. The summed E-state index contributed by atoms with van der Waals surface area (Å²) in [6.45, 7) is 1.76. The van der Waals surface area contributed by atoms with Gasteiger partial charge < -0.3 is 14.8 Å². The zero-order valence-corrected chi connectivity index (χ0v) is 13.5. The topological polar surface area (TPSA) is 92.4 Å². The van der Waals surface area contributed by atoms with E-state index in [4.69, 9.17) is 9.52 Å². The SMILES string of the molecule is Cc1oc(-c2ccccc2)nc1CC(=O)Nc1cccc(C(=O)O)c1. The molecule has 3 rings (SSSR count). The monoisotopic (exact) mass is 336 g/mol. The molecule has 1 amide bonds. The van der Waals surface area contributed by atoms with Crippen molar-refractivity contribution in [1.29, 1.82) is 0 Å². The quantitative estimate of drug-likeness (QED) is 0.743. The van der Waals surface area contributed by atoms with Crippen LogP contribution in [0.1, 0.15) is 21.8 Å². The van der Waals surface area contributed by atoms with Crippen molar-refractivity contribution >= 4 is 17.6 Å². The first-order chi connectivity index (χ1) is 12.0. The minimum atomic E-state index is -1.05. The summed E-state index contributed by atoms with van der Waals surface area (Å²) in [5.41, 5.74) is 1.92. The van der Waals surface area contributed by atoms with Gasteiger partial charge in [-0.25, -0.2) is 9.78 Å². The molecule has 2 aromatic carbocycles. The van der Waals surface area contributed by atoms with Gasteiger partial charge in [0.25, 0.3) is 0 Å². The second-order valence-corrected chi connectivity index (χ2v) is 5.50. The molecular formula is C19H16N2O4. The average molecular weight is 336 g/mol. The second-order valence-electron chi connectivity index (χ2n) is 5.50. The number of hydrogen-bond acceptors (Lipinski definition) is 4. The van der Waals surface area contributed by atoms with E-state index in [0.29, 0.717) is 23.0 Å². The lowest BCUT2D eigenvalue weighted by molar-refractivity contribution is -0.115. The normalized spacial score (nSPS) is 10.4. The molecule has 0 saturated heterocycles. The summed E-state index contributed by atoms with van der Waals surface area (Å²) in [5, 5.41) is 11.7. The molecular weight excluding hydrogens is 320 g/mol. The number of amides is 1. The van der Waals surface area contributed by atoms with E-state index in [9.17, 15) is 9.59 Å². The fraction of sp³-hybridized carbons (Fsp3) is 0.105. The summed E-state index contributed by atoms with van der Waals surface area (Å²) >= 11 is 0. The highest BCUT2D eigenvalue weighted by Gasteiger charge is 2.15. The number of anilines is 1. The van der Waals surface area contributed by atoms with Crippen molar-refractivity contribution in [2.45, 2.75) is 13.3 Å². The third kappa shape index (κ3) is 3.92. The van der Waals surface area contributed by atoms with Crippen LogP contribution in [0.3, 0.4) is 0 Å². The first kappa shape index (κ1) is 16.4. The summed E-state index contributed by atoms with van der Waals surface area (Å²) in [7, 11) is 0. The third-order valence-electron chi connectivity index (χ3n) is 3.63. The van der Waals surface area contributed by atoms with Crippen LogP contribution < -0.4 is 5.32 Å². The first-order valence-electron chi connectivity index (χ1n) is 7.68. The number of oxazole rings is 1. The van der Waals surface area contributed by atoms with Crippen LogP contribution in [-0.2, 0) is 11.2 Å². The van der Waals surface area contributed by atoms with Gasteiger partial charge in [-0.05, 0) is 37.3 Å². The first-order valence-corrected chi connectivity index (χ1v) is 7.68. The van der Waals surface area contributed by atoms with Gasteiger partial charge in [0, 0.05) is 11.3 Å². The fourth-order valence-electron chi connectivity index (χ4n) is 2.38. The number of aromatic nitrogens is 1. The number of aromatic carboxylic acids is 1. The fourth-order valence-corrected chi connectivity index (χ4v) is 2.38. The maximum Gasteiger partial charge on any atom is 0.335 e. The van der Waals surface area contributed by atoms with Gasteiger partial charge >= 0.3 is 5.97 Å². The zero-order chi connectivity index (χ0) is 17.8. The molecule has 0 fully saturated rings. The van der Waals surface area contributed by atoms with Crippen LogP contribution in [0.2, 0.25) is 0 Å². The highest BCUT2D eigenvalue weighted by Crippen LogP contribution is 2.22. The van der Waals surface area contributed by atoms with E-state index in [2.05, 4.69) is 10.3 Å². The van der Waals surface area contributed by atoms with Crippen LogP contribution in [0.15, 0.2) is 59.0 Å². The Labute approximate surface area is 144 Å². The van der Waals surface area contributed by atoms with Gasteiger partial charge in [0.05, 0.1) is 17.7 Å². The maximum atomic E-state index is 12.2. The largest absolute Gasteiger partial charge is 0.478 e. The Morgan fingerprint density at radius 3 is 2.60 bits per heavy atom. The Balaban J connectivity index is 1.72. The van der Waals surface area contributed by atoms with E-state index >= 15 is 0 Å². The van der Waals surface area contributed by atoms with Gasteiger partial charge in [0.2, 0.25) is 11.8 Å². The second kappa shape index (κ2) is 7.00. The molecule has 1 aromatic heterocycles. The minimum absolute atomic E-state index is 0.0411. The number of nitrogens with one attached hydrogen (secondary N) is 1. The Bertz CT molecular complexity index is 916. The van der Waals surface area contributed by atoms with Crippen molar-refractivity contribution in [3.63, 3.8) is 0 Å². The van der Waals surface area contributed by atoms with Gasteiger partial charge in [0.1, 0.15) is 5.76 Å². The van der Waals surface area contributed by atoms with Crippen molar-refractivity contribution in [3.05, 3.63) is 71.6 Å². The van der Waals surface area contributed by atoms with Crippen LogP contribution >= 0.6 is 0 Å². The van der Waals surface area contributed by atoms with E-state index in [0.717, 1.165) is 5.56 Å². The molecule has 0 aliphatic rings. The van der Waals surface area contributed by atoms with E-state index < -0.39 is 5.97 Å². The van der Waals surface area contributed by atoms with Gasteiger partial charge in [-0.2, -0.15) is 0 Å². The number of carboxylic acid groups (broad SMARTS) is 1. The van der Waals surface area contributed by atoms with Crippen LogP contribution in [0, 0.1) is 6.92 Å². The van der Waals surface area contributed by atoms with Crippen LogP contribution in [0.4, 0.5) is 5.69 Å². The summed E-state index contributed by atoms with van der Waals surface area (Å²) in [6.07, 6.45) is 0.0411. The molecule has 126 valence electrons. The lowest BCUT2D eigenvalue weighted by Crippen LogP contribution is -2.15. The summed E-state index contributed by atoms with van der Waals surface area (Å²) in [5.74, 6) is -0.295. The van der Waals surface area contributed by atoms with Crippen molar-refractivity contribution in [1.82, 2.24) is 4.98 Å². The Morgan fingerprint density at radius 2 is 1.88 bits per heavy atom. The molecule has 0 aliphatic carbocycles. The van der Waals surface area contributed by atoms with E-state index in [1.165, 1.54) is 12.1 Å². The molecule has 0 bridgehead atoms. The molecule has 0 atom stereocenters. The number of carbonyl (C=O) groups excluding carboxylic acids is 1. The molecule has 0 aliphatic heterocycles. The van der Waals surface area contributed by atoms with Crippen molar-refractivity contribution in [2.24, 2.45) is 0 Å². The standard InChI is InChI=1S/C19H16N2O4/c1-12-16(21-18(25-12)13-6-3-2-4-7-13)11-17(22)20-15-9-5-8-14(10-15)19(23)24/h2-10H,11H2,1H3,(H,20,22)(H,23,24). The van der Waals surface area contributed by atoms with Gasteiger partial charge in [-0.3, -0.25) is 4.79 Å². The third-order valence-corrected chi connectivity index (χ3v) is 3.63. The summed E-state index contributed by atoms with van der Waals surface area (Å²) in [4.78, 5) is 27.6. The molecule has 6 heteroatoms. The molecule has 0 radical (unpaired) electrons. The molecule has 1 heterocycles. The summed E-state index contributed by atoms with van der Waals surface area (Å²) in [6, 6.07) is 15.5. The average Bonchev–Trinajstić information content (AvgIpc) is 2.96. The maximum absolute atomic E-state index is 12.2. The number of carboxylic acids is 1. The van der Waals surface area contributed by atoms with Crippen LogP contribution in [-0.4, -0.2) is 22.0 Å². The molecule has 25 heavy (non-hydrogen) atoms. The highest BCUT2D eigenvalue weighted by molar-refractivity contribution is 5.94. The highest BCUT2D eigenvalue weighted by atomic mass is 16.4. The van der Waals surface area contributed by atoms with Crippen molar-refractivity contribution in [2.75, 3.05) is 5.32 Å². The van der Waals surface area contributed by atoms with Crippen LogP contribution in [0.25, 0.3) is 11.5 Å². The smallest absolute Gasteiger partial charge is 0.335 e. The predicted octanol–water partition coefficient (Wildman–Crippen LogP) is 3.53. The Morgan fingerprint density at radius 1 is 1.12 bits per heavy atom. The van der Waals surface area contributed by atoms with Crippen LogP contribution in [0.5, 0.6) is 0 Å². The Kier molecular flexibility index (Phi) is 4.61. The van der Waals surface area contributed by atoms with E-state index in [1.807, 2.05) is 30.3 Å². The number of benzene rings is 2. The predicted molar refractivity (Wildman–Crippen MR) is 92.4 cm³/mol. The number of hydrogen-bond donors (Lipinski definition) is 2. The molecule has 0 unspecified atom stereocenters. The van der Waals surface area contributed by atoms with E-state index in [1.54, 1.807) is 19.1 Å². The lowest BCUT2D eigenvalue weighted by Gasteiger charge is -2.05. The molecule has 3 aromatic rings. The minimum Gasteiger partial charge on any atom is -0.478 e. The van der Waals surface area contributed by atoms with Crippen molar-refractivity contribution in [3.8, 4) is 11.5 Å². The number of rotatable bonds is 5. The van der Waals surface area contributed by atoms with Crippen molar-refractivity contribution < 1.29 is 19.1 Å². The Hall–Kier alpha value is -3.41. The molecule has 0 spiro atoms. The summed E-state index contributed by atoms with van der Waals surface area (Å²) < 4.78 is 5.63. The number of carbonyl (C=O) groups is 2. The lowest BCUT2D eigenvalue weighted by atomic mass is 10.2. The van der Waals surface area contributed by atoms with Gasteiger partial charge in [-0.1, -0.05) is 24.3 Å².